The summed E-state index contributed by atoms with van der Waals surface area (Å²) in [5.74, 6) is 0.484. The summed E-state index contributed by atoms with van der Waals surface area (Å²) < 4.78 is 36.9. The molecule has 0 amide bonds. The number of nitrogens with one attached hydrogen (secondary N) is 1. The Morgan fingerprint density at radius 3 is 2.47 bits per heavy atom. The summed E-state index contributed by atoms with van der Waals surface area (Å²) in [5, 5.41) is 3.15. The van der Waals surface area contributed by atoms with E-state index < -0.39 is 5.51 Å². The smallest absolute Gasteiger partial charge is 0.312 e. The first kappa shape index (κ1) is 14.4. The Kier molecular flexibility index (Phi) is 5.33. The van der Waals surface area contributed by atoms with E-state index in [1.54, 1.807) is 18.2 Å². The third kappa shape index (κ3) is 5.98. The van der Waals surface area contributed by atoms with E-state index in [0.29, 0.717) is 18.0 Å². The lowest BCUT2D eigenvalue weighted by molar-refractivity contribution is -0.0328. The van der Waals surface area contributed by atoms with Crippen molar-refractivity contribution in [1.82, 2.24) is 5.32 Å². The quantitative estimate of drug-likeness (QED) is 0.804. The van der Waals surface area contributed by atoms with Crippen LogP contribution in [0.1, 0.15) is 19.4 Å². The molecule has 0 aliphatic rings. The van der Waals surface area contributed by atoms with Gasteiger partial charge in [-0.25, -0.2) is 0 Å². The third-order valence-corrected chi connectivity index (χ3v) is 2.92. The lowest BCUT2D eigenvalue weighted by Gasteiger charge is -2.12. The van der Waals surface area contributed by atoms with Crippen molar-refractivity contribution in [2.75, 3.05) is 6.54 Å². The van der Waals surface area contributed by atoms with Crippen LogP contribution in [0.3, 0.4) is 0 Å². The minimum atomic E-state index is -4.23. The first-order chi connectivity index (χ1) is 7.88. The second-order valence-electron chi connectivity index (χ2n) is 4.18. The van der Waals surface area contributed by atoms with E-state index in [1.807, 2.05) is 0 Å². The fourth-order valence-electron chi connectivity index (χ4n) is 1.37. The van der Waals surface area contributed by atoms with E-state index in [-0.39, 0.29) is 16.7 Å². The number of benzene rings is 1. The van der Waals surface area contributed by atoms with Gasteiger partial charge >= 0.3 is 5.51 Å². The van der Waals surface area contributed by atoms with Crippen molar-refractivity contribution in [3.05, 3.63) is 29.8 Å². The summed E-state index contributed by atoms with van der Waals surface area (Å²) in [7, 11) is 0. The minimum absolute atomic E-state index is 0.0538. The van der Waals surface area contributed by atoms with Gasteiger partial charge in [0.05, 0.1) is 0 Å². The Hall–Kier alpha value is -0.680. The van der Waals surface area contributed by atoms with Crippen LogP contribution in [0, 0.1) is 5.92 Å². The van der Waals surface area contributed by atoms with Crippen LogP contribution in [0.4, 0.5) is 13.2 Å². The van der Waals surface area contributed by atoms with Crippen LogP contribution < -0.4 is 5.32 Å². The number of halogens is 3. The fourth-order valence-corrected chi connectivity index (χ4v) is 2.04. The van der Waals surface area contributed by atoms with Gasteiger partial charge in [0.15, 0.2) is 0 Å². The highest BCUT2D eigenvalue weighted by Crippen LogP contribution is 2.38. The molecule has 0 heterocycles. The molecule has 1 aromatic carbocycles. The maximum absolute atomic E-state index is 12.3. The normalized spacial score (nSPS) is 12.1. The molecular weight excluding hydrogens is 247 g/mol. The van der Waals surface area contributed by atoms with Crippen molar-refractivity contribution in [3.8, 4) is 0 Å². The zero-order valence-corrected chi connectivity index (χ0v) is 10.7. The molecule has 0 spiro atoms. The van der Waals surface area contributed by atoms with Gasteiger partial charge in [-0.1, -0.05) is 32.0 Å². The standard InChI is InChI=1S/C12H16F3NS/c1-9(2)7-16-8-10-5-3-4-6-11(10)17-12(13,14)15/h3-6,9,16H,7-8H2,1-2H3. The summed E-state index contributed by atoms with van der Waals surface area (Å²) in [6.07, 6.45) is 0. The SMILES string of the molecule is CC(C)CNCc1ccccc1SC(F)(F)F. The average molecular weight is 263 g/mol. The van der Waals surface area contributed by atoms with E-state index in [2.05, 4.69) is 19.2 Å². The van der Waals surface area contributed by atoms with Crippen molar-refractivity contribution < 1.29 is 13.2 Å². The number of alkyl halides is 3. The molecule has 1 N–H and O–H groups in total. The molecule has 0 aromatic heterocycles. The number of hydrogen-bond acceptors (Lipinski definition) is 2. The largest absolute Gasteiger partial charge is 0.446 e. The molecule has 0 aliphatic heterocycles. The third-order valence-electron chi connectivity index (χ3n) is 2.07. The highest BCUT2D eigenvalue weighted by Gasteiger charge is 2.30. The van der Waals surface area contributed by atoms with E-state index in [0.717, 1.165) is 6.54 Å². The summed E-state index contributed by atoms with van der Waals surface area (Å²) >= 11 is -0.0538. The second kappa shape index (κ2) is 6.31. The molecule has 17 heavy (non-hydrogen) atoms. The zero-order valence-electron chi connectivity index (χ0n) is 9.84. The Bertz CT molecular complexity index is 350. The van der Waals surface area contributed by atoms with Gasteiger partial charge < -0.3 is 5.32 Å². The highest BCUT2D eigenvalue weighted by atomic mass is 32.2. The van der Waals surface area contributed by atoms with Gasteiger partial charge in [-0.2, -0.15) is 13.2 Å². The zero-order chi connectivity index (χ0) is 12.9. The van der Waals surface area contributed by atoms with Gasteiger partial charge in [0.1, 0.15) is 0 Å². The van der Waals surface area contributed by atoms with Crippen LogP contribution in [-0.2, 0) is 6.54 Å². The molecule has 96 valence electrons. The molecule has 0 atom stereocenters. The van der Waals surface area contributed by atoms with Crippen molar-refractivity contribution >= 4 is 11.8 Å². The summed E-state index contributed by atoms with van der Waals surface area (Å²) in [6.45, 7) is 5.38. The molecule has 1 nitrogen and oxygen atoms in total. The van der Waals surface area contributed by atoms with Gasteiger partial charge in [-0.05, 0) is 35.9 Å². The van der Waals surface area contributed by atoms with Crippen molar-refractivity contribution in [2.24, 2.45) is 5.92 Å². The molecule has 5 heteroatoms. The van der Waals surface area contributed by atoms with Crippen molar-refractivity contribution in [1.29, 1.82) is 0 Å². The fraction of sp³-hybridized carbons (Fsp3) is 0.500. The van der Waals surface area contributed by atoms with Gasteiger partial charge in [-0.3, -0.25) is 0 Å². The lowest BCUT2D eigenvalue weighted by Crippen LogP contribution is -2.19. The van der Waals surface area contributed by atoms with Crippen LogP contribution >= 0.6 is 11.8 Å². The predicted octanol–water partition coefficient (Wildman–Crippen LogP) is 4.04. The lowest BCUT2D eigenvalue weighted by atomic mass is 10.2. The minimum Gasteiger partial charge on any atom is -0.312 e. The van der Waals surface area contributed by atoms with E-state index in [4.69, 9.17) is 0 Å². The van der Waals surface area contributed by atoms with Gasteiger partial charge in [0, 0.05) is 11.4 Å². The van der Waals surface area contributed by atoms with Crippen LogP contribution in [0.15, 0.2) is 29.2 Å². The number of rotatable bonds is 5. The summed E-state index contributed by atoms with van der Waals surface area (Å²) in [5.41, 5.74) is -3.54. The summed E-state index contributed by atoms with van der Waals surface area (Å²) in [4.78, 5) is 0.274. The van der Waals surface area contributed by atoms with Crippen molar-refractivity contribution in [3.63, 3.8) is 0 Å². The molecule has 0 saturated heterocycles. The first-order valence-electron chi connectivity index (χ1n) is 5.43. The predicted molar refractivity (Wildman–Crippen MR) is 64.9 cm³/mol. The Morgan fingerprint density at radius 2 is 1.88 bits per heavy atom. The van der Waals surface area contributed by atoms with Gasteiger partial charge in [0.2, 0.25) is 0 Å². The highest BCUT2D eigenvalue weighted by molar-refractivity contribution is 8.00. The summed E-state index contributed by atoms with van der Waals surface area (Å²) in [6, 6.07) is 6.61. The van der Waals surface area contributed by atoms with E-state index in [9.17, 15) is 13.2 Å². The van der Waals surface area contributed by atoms with Crippen LogP contribution in [0.25, 0.3) is 0 Å². The van der Waals surface area contributed by atoms with E-state index >= 15 is 0 Å². The molecule has 0 unspecified atom stereocenters. The monoisotopic (exact) mass is 263 g/mol. The number of thioether (sulfide) groups is 1. The molecule has 1 rings (SSSR count). The first-order valence-corrected chi connectivity index (χ1v) is 6.24. The molecule has 0 aliphatic carbocycles. The van der Waals surface area contributed by atoms with Crippen LogP contribution in [0.5, 0.6) is 0 Å². The Balaban J connectivity index is 2.64. The molecule has 1 aromatic rings. The maximum atomic E-state index is 12.3. The van der Waals surface area contributed by atoms with Crippen LogP contribution in [-0.4, -0.2) is 12.1 Å². The average Bonchev–Trinajstić information content (AvgIpc) is 2.17. The van der Waals surface area contributed by atoms with E-state index in [1.165, 1.54) is 6.07 Å². The second-order valence-corrected chi connectivity index (χ2v) is 5.29. The van der Waals surface area contributed by atoms with Gasteiger partial charge in [0.25, 0.3) is 0 Å². The van der Waals surface area contributed by atoms with Gasteiger partial charge in [-0.15, -0.1) is 0 Å². The van der Waals surface area contributed by atoms with Crippen molar-refractivity contribution in [2.45, 2.75) is 30.8 Å². The van der Waals surface area contributed by atoms with Crippen LogP contribution in [0.2, 0.25) is 0 Å². The molecule has 0 radical (unpaired) electrons. The molecule has 0 bridgehead atoms. The maximum Gasteiger partial charge on any atom is 0.446 e. The topological polar surface area (TPSA) is 12.0 Å². The molecule has 0 saturated carbocycles. The molecule has 0 fully saturated rings. The molecular formula is C12H16F3NS. The number of hydrogen-bond donors (Lipinski definition) is 1. The Morgan fingerprint density at radius 1 is 1.24 bits per heavy atom. The Labute approximate surface area is 104 Å².